The molecule has 9 heteroatoms. The molecule has 2 aliphatic heterocycles. The Hall–Kier alpha value is -2.99. The molecule has 0 aliphatic carbocycles. The van der Waals surface area contributed by atoms with Gasteiger partial charge in [-0.25, -0.2) is 0 Å². The number of nitriles is 1. The Balaban J connectivity index is 1.52. The molecule has 3 heterocycles. The van der Waals surface area contributed by atoms with Crippen molar-refractivity contribution in [3.05, 3.63) is 53.5 Å². The van der Waals surface area contributed by atoms with Crippen molar-refractivity contribution in [2.45, 2.75) is 19.0 Å². The molecule has 0 saturated carbocycles. The number of nitrogens with zero attached hydrogens (tertiary/aromatic N) is 3. The Morgan fingerprint density at radius 1 is 1.29 bits per heavy atom. The first-order chi connectivity index (χ1) is 14.8. The zero-order valence-electron chi connectivity index (χ0n) is 16.7. The van der Waals surface area contributed by atoms with Crippen LogP contribution in [0.25, 0.3) is 0 Å². The minimum atomic E-state index is -4.62. The molecule has 1 aromatic heterocycles. The van der Waals surface area contributed by atoms with Crippen LogP contribution in [0.2, 0.25) is 0 Å². The van der Waals surface area contributed by atoms with Crippen LogP contribution in [0.4, 0.5) is 18.9 Å². The number of halogens is 3. The number of carbonyl (C=O) groups excluding carboxylic acids is 1. The summed E-state index contributed by atoms with van der Waals surface area (Å²) in [4.78, 5) is 16.1. The lowest BCUT2D eigenvalue weighted by Crippen LogP contribution is -2.47. The molecule has 1 N–H and O–H groups in total. The Bertz CT molecular complexity index is 990. The average Bonchev–Trinajstić information content (AvgIpc) is 3.41. The molecule has 0 radical (unpaired) electrons. The number of piperidine rings is 1. The summed E-state index contributed by atoms with van der Waals surface area (Å²) in [7, 11) is 0. The normalized spacial score (nSPS) is 20.8. The highest BCUT2D eigenvalue weighted by atomic mass is 19.4. The molecule has 2 aromatic rings. The number of hydrogen-bond donors (Lipinski definition) is 1. The highest BCUT2D eigenvalue weighted by Gasteiger charge is 2.48. The van der Waals surface area contributed by atoms with Crippen LogP contribution in [-0.2, 0) is 6.18 Å². The van der Waals surface area contributed by atoms with Gasteiger partial charge in [0.25, 0.3) is 5.91 Å². The standard InChI is InChI=1S/C22H22F3N3O3/c23-22(24,25)18-10-17(4-3-15(18)11-26)28-12-16(13-29)21(14-28)5-7-27(8-6-21)20(30)19-2-1-9-31-19/h1-4,9-10,16,29H,5-8,12-14H2. The summed E-state index contributed by atoms with van der Waals surface area (Å²) >= 11 is 0. The SMILES string of the molecule is N#Cc1ccc(N2CC(CO)C3(CCN(C(=O)c4ccco4)CC3)C2)cc1C(F)(F)F. The topological polar surface area (TPSA) is 80.7 Å². The number of amides is 1. The van der Waals surface area contributed by atoms with E-state index < -0.39 is 17.3 Å². The predicted molar refractivity (Wildman–Crippen MR) is 105 cm³/mol. The summed E-state index contributed by atoms with van der Waals surface area (Å²) in [6.45, 7) is 1.82. The molecule has 1 aromatic carbocycles. The number of hydrogen-bond acceptors (Lipinski definition) is 5. The van der Waals surface area contributed by atoms with Gasteiger partial charge in [0.05, 0.1) is 23.5 Å². The number of rotatable bonds is 3. The molecule has 6 nitrogen and oxygen atoms in total. The van der Waals surface area contributed by atoms with E-state index in [1.807, 2.05) is 4.90 Å². The fraction of sp³-hybridized carbons (Fsp3) is 0.455. The summed E-state index contributed by atoms with van der Waals surface area (Å²) in [6, 6.07) is 8.61. The van der Waals surface area contributed by atoms with Crippen molar-refractivity contribution >= 4 is 11.6 Å². The fourth-order valence-corrected chi connectivity index (χ4v) is 4.82. The number of benzene rings is 1. The Labute approximate surface area is 177 Å². The number of furan rings is 1. The molecule has 1 atom stereocenters. The van der Waals surface area contributed by atoms with Crippen LogP contribution in [0, 0.1) is 22.7 Å². The molecule has 1 spiro atoms. The van der Waals surface area contributed by atoms with Crippen LogP contribution in [-0.4, -0.2) is 48.7 Å². The van der Waals surface area contributed by atoms with Crippen molar-refractivity contribution in [3.8, 4) is 6.07 Å². The Morgan fingerprint density at radius 2 is 2.03 bits per heavy atom. The largest absolute Gasteiger partial charge is 0.459 e. The predicted octanol–water partition coefficient (Wildman–Crippen LogP) is 3.52. The number of aliphatic hydroxyl groups is 1. The first kappa shape index (κ1) is 21.2. The van der Waals surface area contributed by atoms with Crippen molar-refractivity contribution in [1.82, 2.24) is 4.90 Å². The lowest BCUT2D eigenvalue weighted by atomic mass is 9.71. The molecular weight excluding hydrogens is 411 g/mol. The molecule has 1 unspecified atom stereocenters. The third-order valence-electron chi connectivity index (χ3n) is 6.61. The zero-order valence-corrected chi connectivity index (χ0v) is 16.7. The minimum absolute atomic E-state index is 0.0783. The van der Waals surface area contributed by atoms with Crippen molar-refractivity contribution < 1.29 is 27.5 Å². The quantitative estimate of drug-likeness (QED) is 0.801. The fourth-order valence-electron chi connectivity index (χ4n) is 4.82. The second-order valence-electron chi connectivity index (χ2n) is 8.23. The van der Waals surface area contributed by atoms with Gasteiger partial charge in [-0.15, -0.1) is 0 Å². The van der Waals surface area contributed by atoms with E-state index in [0.29, 0.717) is 44.7 Å². The van der Waals surface area contributed by atoms with E-state index in [1.165, 1.54) is 18.4 Å². The molecule has 2 fully saturated rings. The van der Waals surface area contributed by atoms with Gasteiger partial charge in [0, 0.05) is 44.4 Å². The maximum Gasteiger partial charge on any atom is 0.417 e. The van der Waals surface area contributed by atoms with E-state index in [2.05, 4.69) is 0 Å². The van der Waals surface area contributed by atoms with Crippen molar-refractivity contribution in [2.24, 2.45) is 11.3 Å². The second kappa shape index (κ2) is 7.93. The molecular formula is C22H22F3N3O3. The summed E-state index contributed by atoms with van der Waals surface area (Å²) in [5.74, 6) is -0.0181. The lowest BCUT2D eigenvalue weighted by Gasteiger charge is -2.42. The highest BCUT2D eigenvalue weighted by molar-refractivity contribution is 5.91. The summed E-state index contributed by atoms with van der Waals surface area (Å²) in [5.41, 5.74) is -1.27. The summed E-state index contributed by atoms with van der Waals surface area (Å²) < 4.78 is 45.3. The first-order valence-corrected chi connectivity index (χ1v) is 10.1. The maximum atomic E-state index is 13.4. The van der Waals surface area contributed by atoms with E-state index in [4.69, 9.17) is 9.68 Å². The minimum Gasteiger partial charge on any atom is -0.459 e. The number of carbonyl (C=O) groups is 1. The second-order valence-corrected chi connectivity index (χ2v) is 8.23. The monoisotopic (exact) mass is 433 g/mol. The molecule has 2 aliphatic rings. The Morgan fingerprint density at radius 3 is 2.61 bits per heavy atom. The van der Waals surface area contributed by atoms with Crippen LogP contribution in [0.1, 0.15) is 34.5 Å². The first-order valence-electron chi connectivity index (χ1n) is 10.1. The highest BCUT2D eigenvalue weighted by Crippen LogP contribution is 2.46. The van der Waals surface area contributed by atoms with Gasteiger partial charge >= 0.3 is 6.18 Å². The molecule has 2 saturated heterocycles. The molecule has 31 heavy (non-hydrogen) atoms. The number of aliphatic hydroxyl groups excluding tert-OH is 1. The van der Waals surface area contributed by atoms with Gasteiger partial charge in [-0.1, -0.05) is 0 Å². The van der Waals surface area contributed by atoms with Gasteiger partial charge in [-0.3, -0.25) is 4.79 Å². The Kier molecular flexibility index (Phi) is 5.43. The molecule has 1 amide bonds. The molecule has 164 valence electrons. The third-order valence-corrected chi connectivity index (χ3v) is 6.61. The van der Waals surface area contributed by atoms with Gasteiger partial charge in [0.15, 0.2) is 5.76 Å². The third kappa shape index (κ3) is 3.88. The maximum absolute atomic E-state index is 13.4. The molecule has 0 bridgehead atoms. The van der Waals surface area contributed by atoms with Gasteiger partial charge < -0.3 is 19.3 Å². The number of anilines is 1. The van der Waals surface area contributed by atoms with E-state index >= 15 is 0 Å². The van der Waals surface area contributed by atoms with Gasteiger partial charge in [0.2, 0.25) is 0 Å². The van der Waals surface area contributed by atoms with Crippen molar-refractivity contribution in [1.29, 1.82) is 5.26 Å². The number of likely N-dealkylation sites (tertiary alicyclic amines) is 1. The van der Waals surface area contributed by atoms with Crippen LogP contribution >= 0.6 is 0 Å². The van der Waals surface area contributed by atoms with Crippen molar-refractivity contribution in [3.63, 3.8) is 0 Å². The van der Waals surface area contributed by atoms with Gasteiger partial charge in [-0.2, -0.15) is 18.4 Å². The van der Waals surface area contributed by atoms with E-state index in [0.717, 1.165) is 6.07 Å². The van der Waals surface area contributed by atoms with E-state index in [1.54, 1.807) is 23.1 Å². The van der Waals surface area contributed by atoms with Crippen LogP contribution in [0.15, 0.2) is 41.0 Å². The average molecular weight is 433 g/mol. The van der Waals surface area contributed by atoms with Crippen LogP contribution in [0.5, 0.6) is 0 Å². The lowest BCUT2D eigenvalue weighted by molar-refractivity contribution is -0.137. The van der Waals surface area contributed by atoms with Gasteiger partial charge in [0.1, 0.15) is 0 Å². The smallest absolute Gasteiger partial charge is 0.417 e. The zero-order chi connectivity index (χ0) is 22.2. The molecule has 4 rings (SSSR count). The summed E-state index contributed by atoms with van der Waals surface area (Å²) in [6.07, 6.45) is -1.89. The van der Waals surface area contributed by atoms with Crippen LogP contribution < -0.4 is 4.90 Å². The number of alkyl halides is 3. The van der Waals surface area contributed by atoms with E-state index in [-0.39, 0.29) is 29.6 Å². The summed E-state index contributed by atoms with van der Waals surface area (Å²) in [5, 5.41) is 19.0. The van der Waals surface area contributed by atoms with Crippen LogP contribution in [0.3, 0.4) is 0 Å². The van der Waals surface area contributed by atoms with E-state index in [9.17, 15) is 23.1 Å². The van der Waals surface area contributed by atoms with Gasteiger partial charge in [-0.05, 0) is 48.6 Å². The van der Waals surface area contributed by atoms with Crippen molar-refractivity contribution in [2.75, 3.05) is 37.7 Å².